The molecule has 0 aliphatic carbocycles. The van der Waals surface area contributed by atoms with Crippen molar-refractivity contribution in [2.75, 3.05) is 20.3 Å². The summed E-state index contributed by atoms with van der Waals surface area (Å²) >= 11 is 7.79. The first-order valence-electron chi connectivity index (χ1n) is 7.86. The fourth-order valence-electron chi connectivity index (χ4n) is 3.29. The van der Waals surface area contributed by atoms with E-state index >= 15 is 0 Å². The standard InChI is InChI=1S/C16H14ClN5O3S2/c1-22-15(19)21-16(8-25-7-13(16)27(22,23)24)14-11(17)3-12(26-14)10-2-9(4-18)5-20-6-10/h2-3,5-6,13H,7-8H2,1H3,(H2,19,21)/t13?,16-/m0/s1. The van der Waals surface area contributed by atoms with Crippen LogP contribution in [0.4, 0.5) is 0 Å². The number of fused-ring (bicyclic) bond motifs is 1. The number of ether oxygens (including phenoxy) is 1. The van der Waals surface area contributed by atoms with Gasteiger partial charge in [0.2, 0.25) is 16.0 Å². The first-order chi connectivity index (χ1) is 12.8. The Hall–Kier alpha value is -2.19. The number of aliphatic imine (C=N–C) groups is 1. The topological polar surface area (TPSA) is 122 Å². The summed E-state index contributed by atoms with van der Waals surface area (Å²) in [6.45, 7) is 0.0834. The van der Waals surface area contributed by atoms with E-state index in [0.717, 1.165) is 9.18 Å². The summed E-state index contributed by atoms with van der Waals surface area (Å²) in [6.07, 6.45) is 3.09. The Balaban J connectivity index is 1.89. The van der Waals surface area contributed by atoms with Crippen LogP contribution in [0.15, 0.2) is 29.5 Å². The quantitative estimate of drug-likeness (QED) is 0.781. The zero-order valence-electron chi connectivity index (χ0n) is 14.1. The molecule has 140 valence electrons. The lowest BCUT2D eigenvalue weighted by Gasteiger charge is -2.37. The van der Waals surface area contributed by atoms with Crippen LogP contribution in [-0.2, 0) is 20.3 Å². The minimum absolute atomic E-state index is 0.0124. The molecule has 0 bridgehead atoms. The average Bonchev–Trinajstić information content (AvgIpc) is 3.25. The lowest BCUT2D eigenvalue weighted by molar-refractivity contribution is 0.179. The zero-order chi connectivity index (χ0) is 19.4. The Labute approximate surface area is 164 Å². The fourth-order valence-corrected chi connectivity index (χ4v) is 6.71. The van der Waals surface area contributed by atoms with Gasteiger partial charge >= 0.3 is 0 Å². The maximum absolute atomic E-state index is 12.9. The first kappa shape index (κ1) is 18.2. The molecule has 11 heteroatoms. The molecule has 2 atom stereocenters. The molecule has 1 fully saturated rings. The van der Waals surface area contributed by atoms with Gasteiger partial charge in [0.1, 0.15) is 16.9 Å². The van der Waals surface area contributed by atoms with Gasteiger partial charge in [-0.05, 0) is 12.1 Å². The molecular weight excluding hydrogens is 410 g/mol. The molecule has 27 heavy (non-hydrogen) atoms. The van der Waals surface area contributed by atoms with E-state index in [1.54, 1.807) is 18.3 Å². The first-order valence-corrected chi connectivity index (χ1v) is 10.6. The number of rotatable bonds is 2. The number of sulfonamides is 1. The number of nitriles is 1. The van der Waals surface area contributed by atoms with E-state index in [4.69, 9.17) is 27.3 Å². The number of guanidine groups is 1. The number of aromatic nitrogens is 1. The van der Waals surface area contributed by atoms with E-state index in [1.165, 1.54) is 24.6 Å². The highest BCUT2D eigenvalue weighted by Gasteiger charge is 2.58. The highest BCUT2D eigenvalue weighted by Crippen LogP contribution is 2.49. The van der Waals surface area contributed by atoms with Crippen molar-refractivity contribution in [1.82, 2.24) is 9.29 Å². The summed E-state index contributed by atoms with van der Waals surface area (Å²) < 4.78 is 32.2. The summed E-state index contributed by atoms with van der Waals surface area (Å²) in [5.41, 5.74) is 5.84. The Morgan fingerprint density at radius 1 is 1.48 bits per heavy atom. The van der Waals surface area contributed by atoms with Gasteiger partial charge < -0.3 is 10.5 Å². The smallest absolute Gasteiger partial charge is 0.245 e. The Morgan fingerprint density at radius 3 is 3.00 bits per heavy atom. The number of thiophene rings is 1. The van der Waals surface area contributed by atoms with Crippen LogP contribution < -0.4 is 5.73 Å². The second kappa shape index (κ2) is 6.17. The number of hydrogen-bond acceptors (Lipinski definition) is 8. The van der Waals surface area contributed by atoms with Crippen LogP contribution in [0.5, 0.6) is 0 Å². The van der Waals surface area contributed by atoms with E-state index in [1.807, 2.05) is 6.07 Å². The predicted molar refractivity (Wildman–Crippen MR) is 102 cm³/mol. The van der Waals surface area contributed by atoms with Crippen molar-refractivity contribution >= 4 is 38.9 Å². The second-order valence-electron chi connectivity index (χ2n) is 6.27. The number of nitrogens with two attached hydrogens (primary N) is 1. The summed E-state index contributed by atoms with van der Waals surface area (Å²) in [5, 5.41) is 8.55. The predicted octanol–water partition coefficient (Wildman–Crippen LogP) is 1.52. The number of hydrogen-bond donors (Lipinski definition) is 1. The van der Waals surface area contributed by atoms with E-state index in [0.29, 0.717) is 21.0 Å². The van der Waals surface area contributed by atoms with Crippen LogP contribution in [0, 0.1) is 11.3 Å². The Kier molecular flexibility index (Phi) is 4.16. The van der Waals surface area contributed by atoms with Gasteiger partial charge in [0.25, 0.3) is 0 Å². The molecular formula is C16H14ClN5O3S2. The number of pyridine rings is 1. The molecule has 8 nitrogen and oxygen atoms in total. The molecule has 2 aromatic heterocycles. The molecule has 2 aromatic rings. The van der Waals surface area contributed by atoms with Gasteiger partial charge in [-0.25, -0.2) is 17.7 Å². The number of halogens is 1. The van der Waals surface area contributed by atoms with Gasteiger partial charge in [-0.2, -0.15) is 5.26 Å². The van der Waals surface area contributed by atoms with Gasteiger partial charge in [0.15, 0.2) is 0 Å². The van der Waals surface area contributed by atoms with Crippen molar-refractivity contribution in [3.8, 4) is 16.5 Å². The molecule has 0 radical (unpaired) electrons. The number of nitrogens with zero attached hydrogens (tertiary/aromatic N) is 4. The van der Waals surface area contributed by atoms with E-state index in [-0.39, 0.29) is 19.2 Å². The Morgan fingerprint density at radius 2 is 2.26 bits per heavy atom. The maximum atomic E-state index is 12.9. The van der Waals surface area contributed by atoms with Crippen molar-refractivity contribution in [3.63, 3.8) is 0 Å². The monoisotopic (exact) mass is 423 g/mol. The van der Waals surface area contributed by atoms with Crippen LogP contribution in [0.3, 0.4) is 0 Å². The summed E-state index contributed by atoms with van der Waals surface area (Å²) in [7, 11) is -2.36. The van der Waals surface area contributed by atoms with Crippen LogP contribution in [0.2, 0.25) is 5.02 Å². The van der Waals surface area contributed by atoms with Crippen molar-refractivity contribution in [3.05, 3.63) is 40.0 Å². The van der Waals surface area contributed by atoms with E-state index < -0.39 is 20.8 Å². The van der Waals surface area contributed by atoms with Crippen LogP contribution >= 0.6 is 22.9 Å². The molecule has 2 aliphatic heterocycles. The van der Waals surface area contributed by atoms with Gasteiger partial charge in [-0.1, -0.05) is 11.6 Å². The third-order valence-corrected chi connectivity index (χ3v) is 8.69. The summed E-state index contributed by atoms with van der Waals surface area (Å²) in [4.78, 5) is 9.89. The highest BCUT2D eigenvalue weighted by molar-refractivity contribution is 7.90. The summed E-state index contributed by atoms with van der Waals surface area (Å²) in [6, 6.07) is 5.46. The van der Waals surface area contributed by atoms with Crippen molar-refractivity contribution in [2.45, 2.75) is 10.8 Å². The minimum atomic E-state index is -3.73. The molecule has 0 amide bonds. The molecule has 4 heterocycles. The normalized spacial score (nSPS) is 26.3. The largest absolute Gasteiger partial charge is 0.377 e. The van der Waals surface area contributed by atoms with Crippen LogP contribution in [0.1, 0.15) is 10.4 Å². The molecule has 1 unspecified atom stereocenters. The lowest BCUT2D eigenvalue weighted by Crippen LogP contribution is -2.56. The van der Waals surface area contributed by atoms with Crippen molar-refractivity contribution in [1.29, 1.82) is 5.26 Å². The van der Waals surface area contributed by atoms with Gasteiger partial charge in [-0.15, -0.1) is 11.3 Å². The Bertz CT molecular complexity index is 1110. The average molecular weight is 424 g/mol. The molecule has 0 spiro atoms. The fraction of sp³-hybridized carbons (Fsp3) is 0.312. The molecule has 2 N–H and O–H groups in total. The minimum Gasteiger partial charge on any atom is -0.377 e. The van der Waals surface area contributed by atoms with Gasteiger partial charge in [0, 0.05) is 29.9 Å². The van der Waals surface area contributed by atoms with E-state index in [2.05, 4.69) is 9.98 Å². The third-order valence-electron chi connectivity index (χ3n) is 4.73. The SMILES string of the molecule is CN1C(N)=N[C@@]2(c3sc(-c4cncc(C#N)c4)cc3Cl)COCC2S1(=O)=O. The van der Waals surface area contributed by atoms with Gasteiger partial charge in [0.05, 0.1) is 28.7 Å². The maximum Gasteiger partial charge on any atom is 0.245 e. The highest BCUT2D eigenvalue weighted by atomic mass is 35.5. The third kappa shape index (κ3) is 2.62. The second-order valence-corrected chi connectivity index (χ2v) is 9.88. The molecule has 4 rings (SSSR count). The van der Waals surface area contributed by atoms with Crippen LogP contribution in [0.25, 0.3) is 10.4 Å². The molecule has 0 aromatic carbocycles. The zero-order valence-corrected chi connectivity index (χ0v) is 16.5. The molecule has 0 saturated carbocycles. The van der Waals surface area contributed by atoms with E-state index in [9.17, 15) is 8.42 Å². The van der Waals surface area contributed by atoms with Crippen molar-refractivity contribution in [2.24, 2.45) is 10.7 Å². The summed E-state index contributed by atoms with van der Waals surface area (Å²) in [5.74, 6) is -0.101. The van der Waals surface area contributed by atoms with Gasteiger partial charge in [-0.3, -0.25) is 4.98 Å². The lowest BCUT2D eigenvalue weighted by atomic mass is 9.96. The molecule has 2 aliphatic rings. The molecule has 1 saturated heterocycles. The van der Waals surface area contributed by atoms with Crippen LogP contribution in [-0.4, -0.2) is 49.2 Å². The van der Waals surface area contributed by atoms with Crippen molar-refractivity contribution < 1.29 is 13.2 Å².